The number of hydrogen-bond acceptors (Lipinski definition) is 3. The van der Waals surface area contributed by atoms with E-state index in [-0.39, 0.29) is 12.4 Å². The van der Waals surface area contributed by atoms with Crippen molar-refractivity contribution in [1.29, 1.82) is 0 Å². The molecule has 19 heavy (non-hydrogen) atoms. The second-order valence-corrected chi connectivity index (χ2v) is 5.34. The second-order valence-electron chi connectivity index (χ2n) is 5.34. The molecule has 0 unspecified atom stereocenters. The zero-order valence-electron chi connectivity index (χ0n) is 11.7. The highest BCUT2D eigenvalue weighted by Gasteiger charge is 2.11. The van der Waals surface area contributed by atoms with Crippen molar-refractivity contribution in [3.63, 3.8) is 0 Å². The van der Waals surface area contributed by atoms with Crippen molar-refractivity contribution in [1.82, 2.24) is 0 Å². The first-order valence-electron chi connectivity index (χ1n) is 6.68. The first-order chi connectivity index (χ1) is 9.06. The summed E-state index contributed by atoms with van der Waals surface area (Å²) < 4.78 is 10.7. The van der Waals surface area contributed by atoms with Crippen LogP contribution in [0.25, 0.3) is 11.0 Å². The van der Waals surface area contributed by atoms with Gasteiger partial charge in [-0.2, -0.15) is 0 Å². The fraction of sp³-hybridized carbons (Fsp3) is 0.438. The van der Waals surface area contributed by atoms with Crippen molar-refractivity contribution >= 4 is 16.9 Å². The minimum absolute atomic E-state index is 0.191. The van der Waals surface area contributed by atoms with E-state index < -0.39 is 0 Å². The lowest BCUT2D eigenvalue weighted by molar-refractivity contribution is -0.143. The molecule has 102 valence electrons. The van der Waals surface area contributed by atoms with Gasteiger partial charge in [-0.05, 0) is 30.9 Å². The molecular weight excluding hydrogens is 240 g/mol. The lowest BCUT2D eigenvalue weighted by Gasteiger charge is -2.06. The van der Waals surface area contributed by atoms with Crippen LogP contribution in [0.1, 0.15) is 31.4 Å². The van der Waals surface area contributed by atoms with Gasteiger partial charge < -0.3 is 9.15 Å². The molecule has 1 aromatic carbocycles. The molecule has 2 aromatic rings. The Morgan fingerprint density at radius 1 is 1.37 bits per heavy atom. The molecule has 0 amide bonds. The van der Waals surface area contributed by atoms with Crippen LogP contribution in [0.5, 0.6) is 0 Å². The zero-order chi connectivity index (χ0) is 13.8. The molecule has 2 rings (SSSR count). The van der Waals surface area contributed by atoms with Crippen molar-refractivity contribution in [3.8, 4) is 0 Å². The number of carbonyl (C=O) groups is 1. The summed E-state index contributed by atoms with van der Waals surface area (Å²) in [7, 11) is 0. The molecular formula is C16H20O3. The van der Waals surface area contributed by atoms with Crippen LogP contribution in [0.2, 0.25) is 0 Å². The zero-order valence-corrected chi connectivity index (χ0v) is 11.7. The summed E-state index contributed by atoms with van der Waals surface area (Å²) in [6.07, 6.45) is 2.82. The smallest absolute Gasteiger partial charge is 0.310 e. The van der Waals surface area contributed by atoms with Crippen molar-refractivity contribution in [2.75, 3.05) is 6.61 Å². The van der Waals surface area contributed by atoms with Crippen LogP contribution in [0.3, 0.4) is 0 Å². The number of furan rings is 1. The van der Waals surface area contributed by atoms with Crippen LogP contribution in [0, 0.1) is 12.8 Å². The maximum absolute atomic E-state index is 11.7. The maximum Gasteiger partial charge on any atom is 0.310 e. The Labute approximate surface area is 113 Å². The molecule has 0 bridgehead atoms. The number of benzene rings is 1. The topological polar surface area (TPSA) is 39.4 Å². The molecule has 0 saturated carbocycles. The summed E-state index contributed by atoms with van der Waals surface area (Å²) >= 11 is 0. The van der Waals surface area contributed by atoms with Gasteiger partial charge in [-0.1, -0.05) is 26.0 Å². The van der Waals surface area contributed by atoms with Crippen LogP contribution in [-0.4, -0.2) is 12.6 Å². The highest BCUT2D eigenvalue weighted by Crippen LogP contribution is 2.22. The van der Waals surface area contributed by atoms with Crippen LogP contribution in [0.15, 0.2) is 28.9 Å². The SMILES string of the molecule is Cc1ccc2c(CC(=O)OCCC(C)C)coc2c1. The van der Waals surface area contributed by atoms with Crippen LogP contribution < -0.4 is 0 Å². The Hall–Kier alpha value is -1.77. The van der Waals surface area contributed by atoms with Crippen molar-refractivity contribution in [3.05, 3.63) is 35.6 Å². The quantitative estimate of drug-likeness (QED) is 0.766. The Balaban J connectivity index is 1.99. The number of fused-ring (bicyclic) bond motifs is 1. The van der Waals surface area contributed by atoms with E-state index >= 15 is 0 Å². The highest BCUT2D eigenvalue weighted by atomic mass is 16.5. The summed E-state index contributed by atoms with van der Waals surface area (Å²) in [5, 5.41) is 0.992. The Morgan fingerprint density at radius 3 is 2.89 bits per heavy atom. The third kappa shape index (κ3) is 3.60. The minimum Gasteiger partial charge on any atom is -0.465 e. The Kier molecular flexibility index (Phi) is 4.25. The van der Waals surface area contributed by atoms with Gasteiger partial charge in [-0.15, -0.1) is 0 Å². The standard InChI is InChI=1S/C16H20O3/c1-11(2)6-7-18-16(17)9-13-10-19-15-8-12(3)4-5-14(13)15/h4-5,8,10-11H,6-7,9H2,1-3H3. The molecule has 3 heteroatoms. The van der Waals surface area contributed by atoms with Gasteiger partial charge in [0.25, 0.3) is 0 Å². The predicted molar refractivity (Wildman–Crippen MR) is 75.1 cm³/mol. The number of aryl methyl sites for hydroxylation is 1. The lowest BCUT2D eigenvalue weighted by atomic mass is 10.1. The number of carbonyl (C=O) groups excluding carboxylic acids is 1. The van der Waals surface area contributed by atoms with E-state index in [4.69, 9.17) is 9.15 Å². The molecule has 0 aliphatic heterocycles. The van der Waals surface area contributed by atoms with Crippen LogP contribution >= 0.6 is 0 Å². The monoisotopic (exact) mass is 260 g/mol. The van der Waals surface area contributed by atoms with Gasteiger partial charge in [-0.25, -0.2) is 0 Å². The van der Waals surface area contributed by atoms with Gasteiger partial charge in [0.05, 0.1) is 19.3 Å². The summed E-state index contributed by atoms with van der Waals surface area (Å²) in [6, 6.07) is 5.99. The number of ether oxygens (including phenoxy) is 1. The van der Waals surface area contributed by atoms with Gasteiger partial charge in [0.2, 0.25) is 0 Å². The third-order valence-corrected chi connectivity index (χ3v) is 3.10. The number of hydrogen-bond donors (Lipinski definition) is 0. The highest BCUT2D eigenvalue weighted by molar-refractivity contribution is 5.86. The molecule has 0 fully saturated rings. The summed E-state index contributed by atoms with van der Waals surface area (Å²) in [5.41, 5.74) is 2.86. The molecule has 1 heterocycles. The molecule has 0 N–H and O–H groups in total. The lowest BCUT2D eigenvalue weighted by Crippen LogP contribution is -2.10. The average molecular weight is 260 g/mol. The largest absolute Gasteiger partial charge is 0.465 e. The molecule has 0 aliphatic carbocycles. The van der Waals surface area contributed by atoms with Gasteiger partial charge in [0.15, 0.2) is 0 Å². The molecule has 0 aliphatic rings. The Morgan fingerprint density at radius 2 is 2.16 bits per heavy atom. The summed E-state index contributed by atoms with van der Waals surface area (Å²) in [4.78, 5) is 11.7. The van der Waals surface area contributed by atoms with E-state index in [0.29, 0.717) is 12.5 Å². The fourth-order valence-corrected chi connectivity index (χ4v) is 1.94. The predicted octanol–water partition coefficient (Wildman–Crippen LogP) is 3.87. The van der Waals surface area contributed by atoms with E-state index in [1.807, 2.05) is 25.1 Å². The summed E-state index contributed by atoms with van der Waals surface area (Å²) in [5.74, 6) is 0.356. The third-order valence-electron chi connectivity index (χ3n) is 3.10. The normalized spacial score (nSPS) is 11.2. The molecule has 3 nitrogen and oxygen atoms in total. The van der Waals surface area contributed by atoms with E-state index in [1.165, 1.54) is 0 Å². The van der Waals surface area contributed by atoms with Crippen molar-refractivity contribution < 1.29 is 13.9 Å². The minimum atomic E-state index is -0.191. The van der Waals surface area contributed by atoms with Crippen molar-refractivity contribution in [2.24, 2.45) is 5.92 Å². The van der Waals surface area contributed by atoms with E-state index in [2.05, 4.69) is 13.8 Å². The summed E-state index contributed by atoms with van der Waals surface area (Å²) in [6.45, 7) is 6.73. The maximum atomic E-state index is 11.7. The molecule has 1 aromatic heterocycles. The molecule has 0 spiro atoms. The number of rotatable bonds is 5. The average Bonchev–Trinajstić information content (AvgIpc) is 2.71. The molecule has 0 saturated heterocycles. The van der Waals surface area contributed by atoms with Crippen molar-refractivity contribution in [2.45, 2.75) is 33.6 Å². The van der Waals surface area contributed by atoms with Gasteiger partial charge in [0, 0.05) is 10.9 Å². The van der Waals surface area contributed by atoms with Crippen LogP contribution in [0.4, 0.5) is 0 Å². The van der Waals surface area contributed by atoms with Crippen LogP contribution in [-0.2, 0) is 16.0 Å². The fourth-order valence-electron chi connectivity index (χ4n) is 1.94. The van der Waals surface area contributed by atoms with E-state index in [0.717, 1.165) is 28.5 Å². The molecule has 0 atom stereocenters. The first-order valence-corrected chi connectivity index (χ1v) is 6.68. The van der Waals surface area contributed by atoms with Gasteiger partial charge >= 0.3 is 5.97 Å². The Bertz CT molecular complexity index is 566. The van der Waals surface area contributed by atoms with Gasteiger partial charge in [0.1, 0.15) is 5.58 Å². The van der Waals surface area contributed by atoms with E-state index in [9.17, 15) is 4.79 Å². The van der Waals surface area contributed by atoms with E-state index in [1.54, 1.807) is 6.26 Å². The number of esters is 1. The molecule has 0 radical (unpaired) electrons. The first kappa shape index (κ1) is 13.7. The van der Waals surface area contributed by atoms with Gasteiger partial charge in [-0.3, -0.25) is 4.79 Å². The second kappa shape index (κ2) is 5.91.